The summed E-state index contributed by atoms with van der Waals surface area (Å²) in [4.78, 5) is 0. The zero-order valence-corrected chi connectivity index (χ0v) is 8.93. The quantitative estimate of drug-likeness (QED) is 0.746. The smallest absolute Gasteiger partial charge is 0.0769 e. The standard InChI is InChI=1S/C12H18N2/c1-3-9-4-5-10-6-7-12(13-2)14-11(10)8-9/h4-5,8,12-14H,3,6-7H2,1-2H3. The molecule has 0 aromatic heterocycles. The normalized spacial score (nSPS) is 20.0. The molecule has 0 saturated heterocycles. The molecule has 76 valence electrons. The largest absolute Gasteiger partial charge is 0.370 e. The van der Waals surface area contributed by atoms with Gasteiger partial charge in [0.25, 0.3) is 0 Å². The minimum atomic E-state index is 0.439. The van der Waals surface area contributed by atoms with Gasteiger partial charge in [-0.2, -0.15) is 0 Å². The zero-order valence-electron chi connectivity index (χ0n) is 8.93. The molecular formula is C12H18N2. The van der Waals surface area contributed by atoms with Crippen molar-refractivity contribution >= 4 is 5.69 Å². The maximum Gasteiger partial charge on any atom is 0.0769 e. The molecule has 1 aromatic carbocycles. The lowest BCUT2D eigenvalue weighted by atomic mass is 9.99. The molecule has 0 amide bonds. The first kappa shape index (κ1) is 9.53. The number of anilines is 1. The third-order valence-corrected chi connectivity index (χ3v) is 2.96. The lowest BCUT2D eigenvalue weighted by molar-refractivity contribution is 0.561. The summed E-state index contributed by atoms with van der Waals surface area (Å²) < 4.78 is 0. The van der Waals surface area contributed by atoms with Gasteiger partial charge in [-0.1, -0.05) is 19.1 Å². The highest BCUT2D eigenvalue weighted by atomic mass is 15.1. The summed E-state index contributed by atoms with van der Waals surface area (Å²) in [6.07, 6.45) is 3.90. The molecule has 1 aromatic rings. The van der Waals surface area contributed by atoms with Gasteiger partial charge in [0.1, 0.15) is 0 Å². The van der Waals surface area contributed by atoms with Gasteiger partial charge in [0.15, 0.2) is 0 Å². The van der Waals surface area contributed by atoms with E-state index in [4.69, 9.17) is 0 Å². The van der Waals surface area contributed by atoms with Crippen molar-refractivity contribution in [3.63, 3.8) is 0 Å². The van der Waals surface area contributed by atoms with E-state index in [9.17, 15) is 0 Å². The highest BCUT2D eigenvalue weighted by molar-refractivity contribution is 5.55. The third kappa shape index (κ3) is 1.75. The topological polar surface area (TPSA) is 24.1 Å². The van der Waals surface area contributed by atoms with E-state index in [2.05, 4.69) is 35.8 Å². The van der Waals surface area contributed by atoms with E-state index in [1.165, 1.54) is 29.7 Å². The summed E-state index contributed by atoms with van der Waals surface area (Å²) in [5, 5.41) is 6.78. The third-order valence-electron chi connectivity index (χ3n) is 2.96. The first-order chi connectivity index (χ1) is 6.83. The summed E-state index contributed by atoms with van der Waals surface area (Å²) in [5.74, 6) is 0. The van der Waals surface area contributed by atoms with E-state index in [-0.39, 0.29) is 0 Å². The van der Waals surface area contributed by atoms with Crippen molar-refractivity contribution in [3.8, 4) is 0 Å². The van der Waals surface area contributed by atoms with Gasteiger partial charge in [0, 0.05) is 5.69 Å². The molecule has 0 spiro atoms. The molecule has 0 bridgehead atoms. The lowest BCUT2D eigenvalue weighted by Crippen LogP contribution is -2.36. The molecule has 0 radical (unpaired) electrons. The van der Waals surface area contributed by atoms with Crippen LogP contribution in [-0.2, 0) is 12.8 Å². The Morgan fingerprint density at radius 1 is 1.50 bits per heavy atom. The fourth-order valence-electron chi connectivity index (χ4n) is 1.97. The van der Waals surface area contributed by atoms with Gasteiger partial charge in [-0.25, -0.2) is 0 Å². The van der Waals surface area contributed by atoms with Crippen LogP contribution in [0.4, 0.5) is 5.69 Å². The highest BCUT2D eigenvalue weighted by Crippen LogP contribution is 2.25. The highest BCUT2D eigenvalue weighted by Gasteiger charge is 2.15. The number of benzene rings is 1. The molecule has 1 unspecified atom stereocenters. The summed E-state index contributed by atoms with van der Waals surface area (Å²) in [6, 6.07) is 6.77. The average Bonchev–Trinajstić information content (AvgIpc) is 2.27. The molecule has 2 N–H and O–H groups in total. The van der Waals surface area contributed by atoms with Crippen molar-refractivity contribution in [2.75, 3.05) is 12.4 Å². The predicted molar refractivity (Wildman–Crippen MR) is 60.6 cm³/mol. The fraction of sp³-hybridized carbons (Fsp3) is 0.500. The van der Waals surface area contributed by atoms with Crippen molar-refractivity contribution in [1.29, 1.82) is 0 Å². The van der Waals surface area contributed by atoms with Crippen LogP contribution in [0.25, 0.3) is 0 Å². The van der Waals surface area contributed by atoms with Crippen LogP contribution >= 0.6 is 0 Å². The number of aryl methyl sites for hydroxylation is 2. The monoisotopic (exact) mass is 190 g/mol. The van der Waals surface area contributed by atoms with Crippen molar-refractivity contribution in [2.24, 2.45) is 0 Å². The van der Waals surface area contributed by atoms with Gasteiger partial charge in [-0.15, -0.1) is 0 Å². The first-order valence-corrected chi connectivity index (χ1v) is 5.39. The van der Waals surface area contributed by atoms with Gasteiger partial charge in [-0.05, 0) is 43.5 Å². The van der Waals surface area contributed by atoms with E-state index < -0.39 is 0 Å². The van der Waals surface area contributed by atoms with Crippen LogP contribution in [0, 0.1) is 0 Å². The fourth-order valence-corrected chi connectivity index (χ4v) is 1.97. The minimum Gasteiger partial charge on any atom is -0.370 e. The van der Waals surface area contributed by atoms with Crippen LogP contribution in [-0.4, -0.2) is 13.2 Å². The molecule has 14 heavy (non-hydrogen) atoms. The van der Waals surface area contributed by atoms with Crippen LogP contribution < -0.4 is 10.6 Å². The Morgan fingerprint density at radius 2 is 2.36 bits per heavy atom. The lowest BCUT2D eigenvalue weighted by Gasteiger charge is -2.27. The summed E-state index contributed by atoms with van der Waals surface area (Å²) in [6.45, 7) is 2.19. The number of hydrogen-bond donors (Lipinski definition) is 2. The van der Waals surface area contributed by atoms with Gasteiger partial charge in [0.05, 0.1) is 6.17 Å². The van der Waals surface area contributed by atoms with Gasteiger partial charge < -0.3 is 10.6 Å². The average molecular weight is 190 g/mol. The number of hydrogen-bond acceptors (Lipinski definition) is 2. The molecule has 0 fully saturated rings. The summed E-state index contributed by atoms with van der Waals surface area (Å²) >= 11 is 0. The molecule has 1 atom stereocenters. The Hall–Kier alpha value is -1.02. The molecular weight excluding hydrogens is 172 g/mol. The molecule has 0 saturated carbocycles. The van der Waals surface area contributed by atoms with E-state index in [1.54, 1.807) is 0 Å². The molecule has 1 heterocycles. The second-order valence-corrected chi connectivity index (χ2v) is 3.87. The van der Waals surface area contributed by atoms with E-state index >= 15 is 0 Å². The predicted octanol–water partition coefficient (Wildman–Crippen LogP) is 2.15. The Labute approximate surface area is 85.7 Å². The molecule has 2 nitrogen and oxygen atoms in total. The first-order valence-electron chi connectivity index (χ1n) is 5.39. The van der Waals surface area contributed by atoms with Crippen LogP contribution in [0.3, 0.4) is 0 Å². The summed E-state index contributed by atoms with van der Waals surface area (Å²) in [5.41, 5.74) is 4.18. The van der Waals surface area contributed by atoms with Crippen molar-refractivity contribution in [3.05, 3.63) is 29.3 Å². The van der Waals surface area contributed by atoms with E-state index in [0.29, 0.717) is 6.17 Å². The Morgan fingerprint density at radius 3 is 3.07 bits per heavy atom. The Kier molecular flexibility index (Phi) is 2.73. The van der Waals surface area contributed by atoms with E-state index in [1.807, 2.05) is 7.05 Å². The second kappa shape index (κ2) is 4.01. The zero-order chi connectivity index (χ0) is 9.97. The van der Waals surface area contributed by atoms with Crippen LogP contribution in [0.1, 0.15) is 24.5 Å². The number of rotatable bonds is 2. The second-order valence-electron chi connectivity index (χ2n) is 3.87. The van der Waals surface area contributed by atoms with Crippen LogP contribution in [0.15, 0.2) is 18.2 Å². The Balaban J connectivity index is 2.25. The van der Waals surface area contributed by atoms with Gasteiger partial charge >= 0.3 is 0 Å². The van der Waals surface area contributed by atoms with Crippen molar-refractivity contribution in [2.45, 2.75) is 32.4 Å². The molecule has 0 aliphatic carbocycles. The van der Waals surface area contributed by atoms with Crippen molar-refractivity contribution < 1.29 is 0 Å². The summed E-state index contributed by atoms with van der Waals surface area (Å²) in [7, 11) is 2.01. The van der Waals surface area contributed by atoms with Gasteiger partial charge in [-0.3, -0.25) is 0 Å². The molecule has 1 aliphatic heterocycles. The minimum absolute atomic E-state index is 0.439. The maximum absolute atomic E-state index is 3.51. The SMILES string of the molecule is CCc1ccc2c(c1)NC(NC)CC2. The molecule has 1 aliphatic rings. The van der Waals surface area contributed by atoms with Gasteiger partial charge in [0.2, 0.25) is 0 Å². The number of nitrogens with one attached hydrogen (secondary N) is 2. The van der Waals surface area contributed by atoms with Crippen molar-refractivity contribution in [1.82, 2.24) is 5.32 Å². The molecule has 2 heteroatoms. The Bertz CT molecular complexity index is 320. The van der Waals surface area contributed by atoms with Crippen LogP contribution in [0.5, 0.6) is 0 Å². The maximum atomic E-state index is 3.51. The van der Waals surface area contributed by atoms with E-state index in [0.717, 1.165) is 6.42 Å². The number of fused-ring (bicyclic) bond motifs is 1. The van der Waals surface area contributed by atoms with Crippen LogP contribution in [0.2, 0.25) is 0 Å². The molecule has 2 rings (SSSR count).